The molecule has 2 amide bonds. The molecule has 0 unspecified atom stereocenters. The van der Waals surface area contributed by atoms with Crippen molar-refractivity contribution in [2.75, 3.05) is 51.8 Å². The van der Waals surface area contributed by atoms with Crippen molar-refractivity contribution in [2.45, 2.75) is 0 Å². The van der Waals surface area contributed by atoms with E-state index in [2.05, 4.69) is 15.0 Å². The number of methoxy groups -OCH3 is 2. The maximum absolute atomic E-state index is 12.1. The Bertz CT molecular complexity index is 611. The standard InChI is InChI=1S/C16H21N3O5/c1-23-13-6-4-3-5-12(13)18-7-9-19(10-8-18)14(20)11-17-15(21)16(22)24-2/h3-6H,7-11H2,1-2H3,(H,17,21). The predicted molar refractivity (Wildman–Crippen MR) is 86.8 cm³/mol. The van der Waals surface area contributed by atoms with Gasteiger partial charge in [0.05, 0.1) is 26.5 Å². The van der Waals surface area contributed by atoms with Crippen LogP contribution in [0.5, 0.6) is 5.75 Å². The van der Waals surface area contributed by atoms with E-state index in [-0.39, 0.29) is 12.5 Å². The first-order valence-corrected chi connectivity index (χ1v) is 7.58. The summed E-state index contributed by atoms with van der Waals surface area (Å²) in [6, 6.07) is 7.73. The predicted octanol–water partition coefficient (Wildman–Crippen LogP) is -0.367. The highest BCUT2D eigenvalue weighted by Crippen LogP contribution is 2.28. The molecule has 8 heteroatoms. The zero-order chi connectivity index (χ0) is 17.5. The third kappa shape index (κ3) is 4.15. The summed E-state index contributed by atoms with van der Waals surface area (Å²) in [6.07, 6.45) is 0. The van der Waals surface area contributed by atoms with Gasteiger partial charge in [-0.25, -0.2) is 4.79 Å². The highest BCUT2D eigenvalue weighted by molar-refractivity contribution is 6.32. The van der Waals surface area contributed by atoms with Crippen LogP contribution in [0.15, 0.2) is 24.3 Å². The Hall–Kier alpha value is -2.77. The first-order valence-electron chi connectivity index (χ1n) is 7.58. The number of hydrogen-bond donors (Lipinski definition) is 1. The molecule has 0 aliphatic carbocycles. The van der Waals surface area contributed by atoms with Crippen molar-refractivity contribution in [1.29, 1.82) is 0 Å². The first-order chi connectivity index (χ1) is 11.6. The second-order valence-electron chi connectivity index (χ2n) is 5.21. The number of rotatable bonds is 4. The van der Waals surface area contributed by atoms with Gasteiger partial charge in [-0.2, -0.15) is 0 Å². The molecular weight excluding hydrogens is 314 g/mol. The smallest absolute Gasteiger partial charge is 0.396 e. The molecule has 1 aromatic rings. The van der Waals surface area contributed by atoms with Gasteiger partial charge in [-0.1, -0.05) is 12.1 Å². The summed E-state index contributed by atoms with van der Waals surface area (Å²) in [6.45, 7) is 2.17. The molecule has 0 bridgehead atoms. The van der Waals surface area contributed by atoms with E-state index < -0.39 is 11.9 Å². The maximum Gasteiger partial charge on any atom is 0.396 e. The van der Waals surface area contributed by atoms with Crippen molar-refractivity contribution in [1.82, 2.24) is 10.2 Å². The van der Waals surface area contributed by atoms with Gasteiger partial charge in [0, 0.05) is 26.2 Å². The number of piperazine rings is 1. The van der Waals surface area contributed by atoms with Gasteiger partial charge < -0.3 is 24.6 Å². The summed E-state index contributed by atoms with van der Waals surface area (Å²) in [7, 11) is 2.74. The Morgan fingerprint density at radius 2 is 1.75 bits per heavy atom. The first kappa shape index (κ1) is 17.6. The van der Waals surface area contributed by atoms with Gasteiger partial charge in [0.15, 0.2) is 0 Å². The van der Waals surface area contributed by atoms with E-state index in [1.165, 1.54) is 0 Å². The maximum atomic E-state index is 12.1. The molecule has 1 aliphatic rings. The molecule has 130 valence electrons. The zero-order valence-corrected chi connectivity index (χ0v) is 13.8. The highest BCUT2D eigenvalue weighted by atomic mass is 16.5. The fourth-order valence-corrected chi connectivity index (χ4v) is 2.52. The number of hydrogen-bond acceptors (Lipinski definition) is 6. The number of carbonyl (C=O) groups is 3. The number of carbonyl (C=O) groups excluding carboxylic acids is 3. The van der Waals surface area contributed by atoms with E-state index in [4.69, 9.17) is 4.74 Å². The molecular formula is C16H21N3O5. The van der Waals surface area contributed by atoms with Gasteiger partial charge in [0.2, 0.25) is 5.91 Å². The van der Waals surface area contributed by atoms with Crippen LogP contribution in [0.4, 0.5) is 5.69 Å². The van der Waals surface area contributed by atoms with Crippen molar-refractivity contribution in [3.05, 3.63) is 24.3 Å². The Kier molecular flexibility index (Phi) is 6.00. The Morgan fingerprint density at radius 1 is 1.08 bits per heavy atom. The molecule has 0 atom stereocenters. The van der Waals surface area contributed by atoms with Gasteiger partial charge in [0.1, 0.15) is 5.75 Å². The van der Waals surface area contributed by atoms with Gasteiger partial charge in [-0.05, 0) is 12.1 Å². The van der Waals surface area contributed by atoms with Crippen LogP contribution < -0.4 is 15.0 Å². The Morgan fingerprint density at radius 3 is 2.38 bits per heavy atom. The largest absolute Gasteiger partial charge is 0.495 e. The van der Waals surface area contributed by atoms with Gasteiger partial charge in [-0.3, -0.25) is 9.59 Å². The summed E-state index contributed by atoms with van der Waals surface area (Å²) >= 11 is 0. The number of nitrogens with zero attached hydrogens (tertiary/aromatic N) is 2. The molecule has 0 aromatic heterocycles. The Balaban J connectivity index is 1.85. The minimum atomic E-state index is -1.01. The minimum Gasteiger partial charge on any atom is -0.495 e. The number of esters is 1. The molecule has 1 saturated heterocycles. The summed E-state index contributed by atoms with van der Waals surface area (Å²) in [5, 5.41) is 2.25. The molecule has 0 spiro atoms. The van der Waals surface area contributed by atoms with Crippen LogP contribution in [0.2, 0.25) is 0 Å². The lowest BCUT2D eigenvalue weighted by Crippen LogP contribution is -2.51. The van der Waals surface area contributed by atoms with Gasteiger partial charge in [0.25, 0.3) is 0 Å². The monoisotopic (exact) mass is 335 g/mol. The summed E-state index contributed by atoms with van der Waals surface area (Å²) < 4.78 is 9.64. The van der Waals surface area contributed by atoms with E-state index in [0.717, 1.165) is 18.5 Å². The summed E-state index contributed by atoms with van der Waals surface area (Å²) in [4.78, 5) is 38.2. The third-order valence-electron chi connectivity index (χ3n) is 3.83. The lowest BCUT2D eigenvalue weighted by Gasteiger charge is -2.36. The zero-order valence-electron chi connectivity index (χ0n) is 13.8. The number of anilines is 1. The SMILES string of the molecule is COC(=O)C(=O)NCC(=O)N1CCN(c2ccccc2OC)CC1. The van der Waals surface area contributed by atoms with Crippen LogP contribution in [-0.4, -0.2) is 69.6 Å². The molecule has 0 saturated carbocycles. The van der Waals surface area contributed by atoms with Gasteiger partial charge in [-0.15, -0.1) is 0 Å². The lowest BCUT2D eigenvalue weighted by molar-refractivity contribution is -0.153. The fourth-order valence-electron chi connectivity index (χ4n) is 2.52. The molecule has 0 radical (unpaired) electrons. The second-order valence-corrected chi connectivity index (χ2v) is 5.21. The van der Waals surface area contributed by atoms with Crippen molar-refractivity contribution in [2.24, 2.45) is 0 Å². The molecule has 8 nitrogen and oxygen atoms in total. The topological polar surface area (TPSA) is 88.2 Å². The van der Waals surface area contributed by atoms with E-state index in [0.29, 0.717) is 26.2 Å². The number of amides is 2. The lowest BCUT2D eigenvalue weighted by atomic mass is 10.2. The van der Waals surface area contributed by atoms with E-state index in [1.54, 1.807) is 12.0 Å². The Labute approximate surface area is 140 Å². The molecule has 2 rings (SSSR count). The van der Waals surface area contributed by atoms with Crippen LogP contribution in [-0.2, 0) is 19.1 Å². The van der Waals surface area contributed by atoms with Crippen LogP contribution >= 0.6 is 0 Å². The van der Waals surface area contributed by atoms with E-state index in [1.807, 2.05) is 24.3 Å². The fraction of sp³-hybridized carbons (Fsp3) is 0.438. The van der Waals surface area contributed by atoms with Crippen LogP contribution in [0, 0.1) is 0 Å². The van der Waals surface area contributed by atoms with Crippen molar-refractivity contribution < 1.29 is 23.9 Å². The van der Waals surface area contributed by atoms with Crippen LogP contribution in [0.3, 0.4) is 0 Å². The number of para-hydroxylation sites is 2. The van der Waals surface area contributed by atoms with Crippen molar-refractivity contribution in [3.8, 4) is 5.75 Å². The molecule has 24 heavy (non-hydrogen) atoms. The molecule has 1 heterocycles. The number of benzene rings is 1. The van der Waals surface area contributed by atoms with Gasteiger partial charge >= 0.3 is 11.9 Å². The minimum absolute atomic E-state index is 0.220. The highest BCUT2D eigenvalue weighted by Gasteiger charge is 2.23. The average Bonchev–Trinajstić information content (AvgIpc) is 2.65. The van der Waals surface area contributed by atoms with E-state index >= 15 is 0 Å². The molecule has 1 N–H and O–H groups in total. The number of nitrogens with one attached hydrogen (secondary N) is 1. The molecule has 1 aromatic carbocycles. The summed E-state index contributed by atoms with van der Waals surface area (Å²) in [5.41, 5.74) is 0.992. The van der Waals surface area contributed by atoms with Crippen molar-refractivity contribution >= 4 is 23.5 Å². The average molecular weight is 335 g/mol. The third-order valence-corrected chi connectivity index (χ3v) is 3.83. The molecule has 1 aliphatic heterocycles. The summed E-state index contributed by atoms with van der Waals surface area (Å²) in [5.74, 6) is -1.36. The second kappa shape index (κ2) is 8.19. The van der Waals surface area contributed by atoms with Crippen LogP contribution in [0.1, 0.15) is 0 Å². The van der Waals surface area contributed by atoms with E-state index in [9.17, 15) is 14.4 Å². The quantitative estimate of drug-likeness (QED) is 0.597. The van der Waals surface area contributed by atoms with Crippen LogP contribution in [0.25, 0.3) is 0 Å². The normalized spacial score (nSPS) is 14.1. The van der Waals surface area contributed by atoms with Crippen molar-refractivity contribution in [3.63, 3.8) is 0 Å². The number of ether oxygens (including phenoxy) is 2. The molecule has 1 fully saturated rings.